The van der Waals surface area contributed by atoms with Gasteiger partial charge in [-0.2, -0.15) is 0 Å². The molecule has 0 unspecified atom stereocenters. The van der Waals surface area contributed by atoms with E-state index >= 15 is 0 Å². The van der Waals surface area contributed by atoms with E-state index in [0.29, 0.717) is 26.3 Å². The summed E-state index contributed by atoms with van der Waals surface area (Å²) in [4.78, 5) is 55.6. The van der Waals surface area contributed by atoms with Crippen molar-refractivity contribution >= 4 is 107 Å². The maximum atomic E-state index is 13.9. The second kappa shape index (κ2) is 11.3. The topological polar surface area (TPSA) is 88.5 Å². The van der Waals surface area contributed by atoms with Crippen LogP contribution in [0.5, 0.6) is 0 Å². The zero-order valence-corrected chi connectivity index (χ0v) is 27.0. The largest absolute Gasteiger partial charge is 0.324 e. The lowest BCUT2D eigenvalue weighted by atomic mass is 9.83. The van der Waals surface area contributed by atoms with Crippen molar-refractivity contribution in [2.75, 3.05) is 10.2 Å². The van der Waals surface area contributed by atoms with Gasteiger partial charge in [-0.1, -0.05) is 90.3 Å². The molecular formula is C28H17Br2Cl2N3O4S2. The molecule has 7 nitrogen and oxygen atoms in total. The summed E-state index contributed by atoms with van der Waals surface area (Å²) in [7, 11) is 0. The van der Waals surface area contributed by atoms with Crippen LogP contribution in [-0.4, -0.2) is 27.5 Å². The highest BCUT2D eigenvalue weighted by atomic mass is 79.9. The minimum atomic E-state index is -0.777. The van der Waals surface area contributed by atoms with E-state index in [2.05, 4.69) is 37.2 Å². The summed E-state index contributed by atoms with van der Waals surface area (Å²) in [5.41, 5.74) is 1.71. The molecule has 1 aromatic heterocycles. The number of benzene rings is 3. The van der Waals surface area contributed by atoms with Crippen LogP contribution in [0.25, 0.3) is 0 Å². The monoisotopic (exact) mass is 751 g/mol. The number of carbonyl (C=O) groups excluding carboxylic acids is 3. The molecule has 1 N–H and O–H groups in total. The van der Waals surface area contributed by atoms with Crippen LogP contribution >= 0.6 is 78.2 Å². The first kappa shape index (κ1) is 28.7. The van der Waals surface area contributed by atoms with Gasteiger partial charge >= 0.3 is 4.87 Å². The molecule has 1 fully saturated rings. The van der Waals surface area contributed by atoms with Gasteiger partial charge in [0.05, 0.1) is 26.7 Å². The standard InChI is InChI=1S/C28H17Br2Cl2N3O4S2/c29-14-4-7-17(8-5-14)35-25(37)22-21(13-2-1-3-15(30)10-13)24-27(40-23(22)26(35)38)34(28(39)41-24)12-20(36)33-16-6-9-18(31)19(32)11-16/h1-11,21-23H,12H2,(H,33,36)/t21-,22-,23+/m0/s1. The molecule has 1 saturated heterocycles. The molecule has 3 atom stereocenters. The van der Waals surface area contributed by atoms with Crippen LogP contribution in [-0.2, 0) is 20.9 Å². The smallest absolute Gasteiger partial charge is 0.308 e. The normalized spacial score (nSPS) is 19.7. The van der Waals surface area contributed by atoms with Crippen LogP contribution in [0.4, 0.5) is 11.4 Å². The number of nitrogens with zero attached hydrogens (tertiary/aromatic N) is 2. The lowest BCUT2D eigenvalue weighted by Gasteiger charge is -2.30. The lowest BCUT2D eigenvalue weighted by molar-refractivity contribution is -0.122. The molecule has 0 saturated carbocycles. The lowest BCUT2D eigenvalue weighted by Crippen LogP contribution is -2.33. The zero-order valence-electron chi connectivity index (χ0n) is 20.6. The molecule has 3 aromatic carbocycles. The van der Waals surface area contributed by atoms with Crippen LogP contribution in [0.2, 0.25) is 10.0 Å². The number of aromatic nitrogens is 1. The second-order valence-corrected chi connectivity index (χ2v) is 14.2. The number of nitrogens with one attached hydrogen (secondary N) is 1. The number of carbonyl (C=O) groups is 3. The number of imide groups is 1. The van der Waals surface area contributed by atoms with E-state index in [1.807, 2.05) is 24.3 Å². The Kier molecular flexibility index (Phi) is 7.94. The van der Waals surface area contributed by atoms with Crippen LogP contribution in [0.1, 0.15) is 16.4 Å². The van der Waals surface area contributed by atoms with Gasteiger partial charge in [-0.3, -0.25) is 23.7 Å². The Morgan fingerprint density at radius 2 is 1.66 bits per heavy atom. The molecule has 2 aliphatic heterocycles. The van der Waals surface area contributed by atoms with Gasteiger partial charge in [0.25, 0.3) is 0 Å². The third kappa shape index (κ3) is 5.32. The molecule has 3 amide bonds. The van der Waals surface area contributed by atoms with Crippen LogP contribution in [0, 0.1) is 5.92 Å². The highest BCUT2D eigenvalue weighted by Gasteiger charge is 2.56. The number of halogens is 4. The summed E-state index contributed by atoms with van der Waals surface area (Å²) >= 11 is 21.1. The Bertz CT molecular complexity index is 1790. The first-order valence-electron chi connectivity index (χ1n) is 12.2. The van der Waals surface area contributed by atoms with Crippen molar-refractivity contribution in [1.82, 2.24) is 4.57 Å². The maximum absolute atomic E-state index is 13.9. The molecule has 0 radical (unpaired) electrons. The van der Waals surface area contributed by atoms with E-state index in [9.17, 15) is 19.2 Å². The second-order valence-electron chi connectivity index (χ2n) is 9.39. The molecule has 6 rings (SSSR count). The van der Waals surface area contributed by atoms with Gasteiger partial charge in [-0.25, -0.2) is 4.90 Å². The number of rotatable bonds is 5. The van der Waals surface area contributed by atoms with E-state index in [-0.39, 0.29) is 28.3 Å². The Labute approximate surface area is 269 Å². The fraction of sp³-hybridized carbons (Fsp3) is 0.143. The number of thiazole rings is 1. The quantitative estimate of drug-likeness (QED) is 0.219. The molecule has 2 aliphatic rings. The van der Waals surface area contributed by atoms with E-state index in [1.54, 1.807) is 36.4 Å². The Morgan fingerprint density at radius 1 is 0.902 bits per heavy atom. The molecule has 4 aromatic rings. The molecular weight excluding hydrogens is 737 g/mol. The molecule has 41 heavy (non-hydrogen) atoms. The number of amides is 3. The summed E-state index contributed by atoms with van der Waals surface area (Å²) in [6, 6.07) is 19.2. The van der Waals surface area contributed by atoms with Gasteiger partial charge in [-0.05, 0) is 60.2 Å². The van der Waals surface area contributed by atoms with Crippen LogP contribution in [0.15, 0.2) is 85.5 Å². The zero-order chi connectivity index (χ0) is 29.0. The molecule has 13 heteroatoms. The van der Waals surface area contributed by atoms with E-state index in [1.165, 1.54) is 27.3 Å². The van der Waals surface area contributed by atoms with E-state index in [4.69, 9.17) is 23.2 Å². The van der Waals surface area contributed by atoms with Gasteiger partial charge < -0.3 is 5.32 Å². The number of thioether (sulfide) groups is 1. The fourth-order valence-electron chi connectivity index (χ4n) is 5.08. The summed E-state index contributed by atoms with van der Waals surface area (Å²) in [5.74, 6) is -2.41. The number of anilines is 2. The highest BCUT2D eigenvalue weighted by Crippen LogP contribution is 2.54. The van der Waals surface area contributed by atoms with E-state index in [0.717, 1.165) is 25.8 Å². The third-order valence-corrected chi connectivity index (χ3v) is 11.2. The molecule has 0 aliphatic carbocycles. The molecule has 3 heterocycles. The predicted molar refractivity (Wildman–Crippen MR) is 169 cm³/mol. The minimum absolute atomic E-state index is 0.279. The predicted octanol–water partition coefficient (Wildman–Crippen LogP) is 7.18. The van der Waals surface area contributed by atoms with Gasteiger partial charge in [0.2, 0.25) is 17.7 Å². The van der Waals surface area contributed by atoms with E-state index < -0.39 is 23.0 Å². The average Bonchev–Trinajstić information content (AvgIpc) is 3.37. The Morgan fingerprint density at radius 3 is 2.37 bits per heavy atom. The van der Waals surface area contributed by atoms with Crippen molar-refractivity contribution in [2.45, 2.75) is 22.7 Å². The van der Waals surface area contributed by atoms with Crippen molar-refractivity contribution in [1.29, 1.82) is 0 Å². The van der Waals surface area contributed by atoms with Gasteiger partial charge in [-0.15, -0.1) is 0 Å². The van der Waals surface area contributed by atoms with Gasteiger partial charge in [0, 0.05) is 25.4 Å². The third-order valence-electron chi connectivity index (χ3n) is 6.85. The van der Waals surface area contributed by atoms with Crippen LogP contribution < -0.4 is 15.1 Å². The number of hydrogen-bond acceptors (Lipinski definition) is 6. The Hall–Kier alpha value is -2.41. The minimum Gasteiger partial charge on any atom is -0.324 e. The van der Waals surface area contributed by atoms with Crippen molar-refractivity contribution < 1.29 is 14.4 Å². The van der Waals surface area contributed by atoms with Crippen molar-refractivity contribution in [3.05, 3.63) is 106 Å². The maximum Gasteiger partial charge on any atom is 0.308 e. The summed E-state index contributed by atoms with van der Waals surface area (Å²) in [5, 5.41) is 3.11. The number of fused-ring (bicyclic) bond motifs is 2. The summed E-state index contributed by atoms with van der Waals surface area (Å²) < 4.78 is 3.00. The molecule has 0 bridgehead atoms. The highest BCUT2D eigenvalue weighted by molar-refractivity contribution is 9.10. The summed E-state index contributed by atoms with van der Waals surface area (Å²) in [6.45, 7) is -0.279. The van der Waals surface area contributed by atoms with Gasteiger partial charge in [0.1, 0.15) is 11.8 Å². The molecule has 0 spiro atoms. The summed E-state index contributed by atoms with van der Waals surface area (Å²) in [6.07, 6.45) is 0. The van der Waals surface area contributed by atoms with Crippen molar-refractivity contribution in [3.63, 3.8) is 0 Å². The molecule has 208 valence electrons. The van der Waals surface area contributed by atoms with Crippen molar-refractivity contribution in [3.8, 4) is 0 Å². The van der Waals surface area contributed by atoms with Crippen LogP contribution in [0.3, 0.4) is 0 Å². The first-order chi connectivity index (χ1) is 19.6. The van der Waals surface area contributed by atoms with Gasteiger partial charge in [0.15, 0.2) is 0 Å². The van der Waals surface area contributed by atoms with Crippen molar-refractivity contribution in [2.24, 2.45) is 5.92 Å². The number of hydrogen-bond donors (Lipinski definition) is 1. The SMILES string of the molecule is O=C(Cn1c2c(sc1=O)[C@@H](c1cccc(Br)c1)[C@@H]1C(=O)N(c3ccc(Br)cc3)C(=O)[C@@H]1S2)Nc1ccc(Cl)c(Cl)c1. The Balaban J connectivity index is 1.40. The average molecular weight is 754 g/mol. The fourth-order valence-corrected chi connectivity index (χ4v) is 8.83. The first-order valence-corrected chi connectivity index (χ1v) is 16.2.